The lowest BCUT2D eigenvalue weighted by molar-refractivity contribution is 0.434. The highest BCUT2D eigenvalue weighted by molar-refractivity contribution is 5.88. The molecule has 3 aromatic heterocycles. The highest BCUT2D eigenvalue weighted by atomic mass is 16.5. The van der Waals surface area contributed by atoms with Gasteiger partial charge in [-0.2, -0.15) is 0 Å². The lowest BCUT2D eigenvalue weighted by Gasteiger charge is -2.27. The van der Waals surface area contributed by atoms with Gasteiger partial charge < -0.3 is 9.15 Å². The van der Waals surface area contributed by atoms with Crippen LogP contribution in [0.4, 0.5) is 0 Å². The molecular formula is C24H14N2O3. The Bertz CT molecular complexity index is 1430. The summed E-state index contributed by atoms with van der Waals surface area (Å²) in [6, 6.07) is 21.1. The fraction of sp³-hybridized carbons (Fsp3) is 0.0417. The molecule has 5 nitrogen and oxygen atoms in total. The van der Waals surface area contributed by atoms with Gasteiger partial charge in [0.25, 0.3) is 0 Å². The van der Waals surface area contributed by atoms with Gasteiger partial charge in [0.05, 0.1) is 10.8 Å². The molecule has 0 N–H and O–H groups in total. The van der Waals surface area contributed by atoms with E-state index in [1.165, 1.54) is 0 Å². The summed E-state index contributed by atoms with van der Waals surface area (Å²) in [6.07, 6.45) is 3.34. The molecule has 4 heterocycles. The van der Waals surface area contributed by atoms with Crippen molar-refractivity contribution in [3.63, 3.8) is 0 Å². The third-order valence-corrected chi connectivity index (χ3v) is 5.35. The first kappa shape index (κ1) is 16.0. The number of hydrogen-bond acceptors (Lipinski definition) is 5. The van der Waals surface area contributed by atoms with Crippen LogP contribution in [-0.4, -0.2) is 9.97 Å². The molecule has 1 atom stereocenters. The van der Waals surface area contributed by atoms with Gasteiger partial charge in [-0.25, -0.2) is 9.97 Å². The van der Waals surface area contributed by atoms with Crippen LogP contribution in [0, 0.1) is 0 Å². The number of fused-ring (bicyclic) bond motifs is 4. The van der Waals surface area contributed by atoms with Crippen molar-refractivity contribution in [2.24, 2.45) is 0 Å². The number of rotatable bonds is 1. The van der Waals surface area contributed by atoms with Gasteiger partial charge in [0.1, 0.15) is 11.3 Å². The van der Waals surface area contributed by atoms with Gasteiger partial charge in [-0.15, -0.1) is 0 Å². The minimum atomic E-state index is -0.0861. The fourth-order valence-corrected chi connectivity index (χ4v) is 4.04. The minimum Gasteiger partial charge on any atom is -0.438 e. The molecule has 1 aliphatic rings. The summed E-state index contributed by atoms with van der Waals surface area (Å²) >= 11 is 0. The lowest BCUT2D eigenvalue weighted by Crippen LogP contribution is -2.13. The van der Waals surface area contributed by atoms with Crippen LogP contribution in [0.1, 0.15) is 22.6 Å². The van der Waals surface area contributed by atoms with Crippen LogP contribution in [0.3, 0.4) is 0 Å². The highest BCUT2D eigenvalue weighted by Gasteiger charge is 2.29. The predicted molar refractivity (Wildman–Crippen MR) is 109 cm³/mol. The summed E-state index contributed by atoms with van der Waals surface area (Å²) < 4.78 is 11.9. The second-order valence-electron chi connectivity index (χ2n) is 7.01. The van der Waals surface area contributed by atoms with E-state index < -0.39 is 0 Å². The van der Waals surface area contributed by atoms with E-state index in [1.807, 2.05) is 54.6 Å². The van der Waals surface area contributed by atoms with Crippen LogP contribution in [0.15, 0.2) is 88.3 Å². The van der Waals surface area contributed by atoms with E-state index in [4.69, 9.17) is 9.15 Å². The topological polar surface area (TPSA) is 65.2 Å². The standard InChI is InChI=1S/C24H14N2O3/c27-22-17-7-4-12-26-24(17)29-20-10-9-14(13-18(20)22)21-15-5-1-2-8-19(15)28-23-16(21)6-3-11-25-23/h1-13,21H. The van der Waals surface area contributed by atoms with Crippen molar-refractivity contribution in [1.82, 2.24) is 9.97 Å². The number of nitrogens with zero attached hydrogens (tertiary/aromatic N) is 2. The van der Waals surface area contributed by atoms with Crippen molar-refractivity contribution in [1.29, 1.82) is 0 Å². The van der Waals surface area contributed by atoms with E-state index in [0.717, 1.165) is 22.4 Å². The summed E-state index contributed by atoms with van der Waals surface area (Å²) in [5, 5.41) is 1.02. The van der Waals surface area contributed by atoms with Crippen molar-refractivity contribution in [2.45, 2.75) is 5.92 Å². The third kappa shape index (κ3) is 2.37. The lowest BCUT2D eigenvalue weighted by atomic mass is 9.83. The molecule has 1 unspecified atom stereocenters. The van der Waals surface area contributed by atoms with Gasteiger partial charge in [0, 0.05) is 29.4 Å². The Hall–Kier alpha value is -3.99. The van der Waals surface area contributed by atoms with Gasteiger partial charge in [-0.05, 0) is 42.0 Å². The number of aromatic nitrogens is 2. The van der Waals surface area contributed by atoms with Gasteiger partial charge in [-0.3, -0.25) is 4.79 Å². The highest BCUT2D eigenvalue weighted by Crippen LogP contribution is 2.46. The molecule has 0 amide bonds. The Balaban J connectivity index is 1.64. The molecule has 0 saturated carbocycles. The van der Waals surface area contributed by atoms with E-state index in [0.29, 0.717) is 27.9 Å². The number of para-hydroxylation sites is 1. The number of ether oxygens (including phenoxy) is 1. The van der Waals surface area contributed by atoms with Crippen LogP contribution < -0.4 is 10.2 Å². The van der Waals surface area contributed by atoms with Crippen molar-refractivity contribution in [3.05, 3.63) is 106 Å². The predicted octanol–water partition coefficient (Wildman–Crippen LogP) is 5.02. The third-order valence-electron chi connectivity index (χ3n) is 5.35. The van der Waals surface area contributed by atoms with Crippen LogP contribution in [0.5, 0.6) is 11.6 Å². The number of pyridine rings is 2. The summed E-state index contributed by atoms with van der Waals surface area (Å²) in [7, 11) is 0. The molecule has 5 aromatic rings. The monoisotopic (exact) mass is 378 g/mol. The van der Waals surface area contributed by atoms with E-state index in [-0.39, 0.29) is 11.3 Å². The number of benzene rings is 2. The van der Waals surface area contributed by atoms with E-state index in [2.05, 4.69) is 9.97 Å². The molecule has 138 valence electrons. The molecule has 29 heavy (non-hydrogen) atoms. The zero-order valence-corrected chi connectivity index (χ0v) is 15.2. The number of hydrogen-bond donors (Lipinski definition) is 0. The van der Waals surface area contributed by atoms with Crippen molar-refractivity contribution in [3.8, 4) is 11.6 Å². The summed E-state index contributed by atoms with van der Waals surface area (Å²) in [6.45, 7) is 0. The molecule has 0 spiro atoms. The van der Waals surface area contributed by atoms with Crippen LogP contribution in [-0.2, 0) is 0 Å². The second-order valence-corrected chi connectivity index (χ2v) is 7.01. The molecular weight excluding hydrogens is 364 g/mol. The smallest absolute Gasteiger partial charge is 0.230 e. The van der Waals surface area contributed by atoms with E-state index in [9.17, 15) is 4.79 Å². The quantitative estimate of drug-likeness (QED) is 0.376. The maximum atomic E-state index is 13.1. The SMILES string of the molecule is O=c1c2cc(C3c4ccccc4Oc4ncccc43)ccc2oc2ncccc12. The first-order valence-corrected chi connectivity index (χ1v) is 9.33. The van der Waals surface area contributed by atoms with Crippen LogP contribution in [0.2, 0.25) is 0 Å². The molecule has 1 aliphatic heterocycles. The maximum absolute atomic E-state index is 13.1. The van der Waals surface area contributed by atoms with Gasteiger partial charge in [-0.1, -0.05) is 30.3 Å². The Morgan fingerprint density at radius 1 is 0.793 bits per heavy atom. The summed E-state index contributed by atoms with van der Waals surface area (Å²) in [5.41, 5.74) is 3.79. The van der Waals surface area contributed by atoms with Crippen LogP contribution in [0.25, 0.3) is 22.1 Å². The van der Waals surface area contributed by atoms with Crippen molar-refractivity contribution < 1.29 is 9.15 Å². The Kier molecular flexibility index (Phi) is 3.32. The van der Waals surface area contributed by atoms with Gasteiger partial charge in [0.2, 0.25) is 17.0 Å². The van der Waals surface area contributed by atoms with Crippen molar-refractivity contribution >= 4 is 22.1 Å². The summed E-state index contributed by atoms with van der Waals surface area (Å²) in [4.78, 5) is 21.7. The van der Waals surface area contributed by atoms with Crippen LogP contribution >= 0.6 is 0 Å². The average molecular weight is 378 g/mol. The van der Waals surface area contributed by atoms with Gasteiger partial charge in [0.15, 0.2) is 0 Å². The maximum Gasteiger partial charge on any atom is 0.230 e. The fourth-order valence-electron chi connectivity index (χ4n) is 4.04. The van der Waals surface area contributed by atoms with E-state index in [1.54, 1.807) is 24.5 Å². The molecule has 0 bridgehead atoms. The average Bonchev–Trinajstić information content (AvgIpc) is 2.77. The largest absolute Gasteiger partial charge is 0.438 e. The zero-order valence-electron chi connectivity index (χ0n) is 15.2. The molecule has 6 rings (SSSR count). The molecule has 0 fully saturated rings. The normalized spacial score (nSPS) is 15.0. The molecule has 5 heteroatoms. The molecule has 0 radical (unpaired) electrons. The molecule has 0 aliphatic carbocycles. The first-order chi connectivity index (χ1) is 14.3. The summed E-state index contributed by atoms with van der Waals surface area (Å²) in [5.74, 6) is 1.28. The Morgan fingerprint density at radius 2 is 1.62 bits per heavy atom. The minimum absolute atomic E-state index is 0.0806. The Labute approximate surface area is 165 Å². The van der Waals surface area contributed by atoms with Gasteiger partial charge >= 0.3 is 0 Å². The molecule has 2 aromatic carbocycles. The first-order valence-electron chi connectivity index (χ1n) is 9.33. The second kappa shape index (κ2) is 6.01. The van der Waals surface area contributed by atoms with Crippen molar-refractivity contribution in [2.75, 3.05) is 0 Å². The zero-order chi connectivity index (χ0) is 19.4. The van der Waals surface area contributed by atoms with E-state index >= 15 is 0 Å². The molecule has 0 saturated heterocycles. The Morgan fingerprint density at radius 3 is 2.59 bits per heavy atom.